The fourth-order valence-electron chi connectivity index (χ4n) is 4.51. The second-order valence-corrected chi connectivity index (χ2v) is 7.96. The van der Waals surface area contributed by atoms with Crippen molar-refractivity contribution in [2.45, 2.75) is 51.9 Å². The lowest BCUT2D eigenvalue weighted by molar-refractivity contribution is -0.123. The van der Waals surface area contributed by atoms with E-state index in [9.17, 15) is 9.59 Å². The van der Waals surface area contributed by atoms with Gasteiger partial charge in [0.25, 0.3) is 5.91 Å². The number of carbonyl (C=O) groups excluding carboxylic acids is 1. The van der Waals surface area contributed by atoms with E-state index in [-0.39, 0.29) is 12.5 Å². The molecule has 1 heterocycles. The molecule has 2 saturated carbocycles. The number of hydrogen-bond acceptors (Lipinski definition) is 5. The van der Waals surface area contributed by atoms with Gasteiger partial charge in [-0.1, -0.05) is 19.3 Å². The van der Waals surface area contributed by atoms with E-state index in [2.05, 4.69) is 10.5 Å². The Morgan fingerprint density at radius 3 is 2.89 bits per heavy atom. The third-order valence-electron chi connectivity index (χ3n) is 6.00. The van der Waals surface area contributed by atoms with Gasteiger partial charge in [0.15, 0.2) is 6.61 Å². The first-order chi connectivity index (χ1) is 13.6. The quantitative estimate of drug-likeness (QED) is 0.641. The highest BCUT2D eigenvalue weighted by molar-refractivity contribution is 5.87. The van der Waals surface area contributed by atoms with Crippen LogP contribution < -0.4 is 15.8 Å². The summed E-state index contributed by atoms with van der Waals surface area (Å²) in [5, 5.41) is 5.19. The molecule has 2 aromatic rings. The maximum absolute atomic E-state index is 12.1. The van der Waals surface area contributed by atoms with Gasteiger partial charge in [0.1, 0.15) is 11.3 Å². The van der Waals surface area contributed by atoms with Crippen LogP contribution in [0.5, 0.6) is 5.75 Å². The van der Waals surface area contributed by atoms with E-state index in [1.54, 1.807) is 12.1 Å². The average molecular weight is 382 g/mol. The Bertz CT molecular complexity index is 963. The molecule has 2 fully saturated rings. The predicted octanol–water partition coefficient (Wildman–Crippen LogP) is 3.94. The Kier molecular flexibility index (Phi) is 5.46. The summed E-state index contributed by atoms with van der Waals surface area (Å²) in [6.45, 7) is 1.72. The van der Waals surface area contributed by atoms with Gasteiger partial charge in [-0.15, -0.1) is 0 Å². The molecule has 2 aliphatic rings. The molecule has 0 spiro atoms. The van der Waals surface area contributed by atoms with Gasteiger partial charge < -0.3 is 9.15 Å². The lowest BCUT2D eigenvalue weighted by atomic mass is 9.70. The van der Waals surface area contributed by atoms with Crippen molar-refractivity contribution in [3.63, 3.8) is 0 Å². The molecule has 0 radical (unpaired) electrons. The van der Waals surface area contributed by atoms with Gasteiger partial charge in [-0.25, -0.2) is 10.2 Å². The highest BCUT2D eigenvalue weighted by Crippen LogP contribution is 2.39. The van der Waals surface area contributed by atoms with Crippen LogP contribution in [0.4, 0.5) is 0 Å². The van der Waals surface area contributed by atoms with Gasteiger partial charge in [-0.2, -0.15) is 5.10 Å². The Labute approximate surface area is 164 Å². The number of hydrogen-bond donors (Lipinski definition) is 1. The molecule has 1 aromatic heterocycles. The van der Waals surface area contributed by atoms with Gasteiger partial charge >= 0.3 is 5.63 Å². The molecule has 148 valence electrons. The first-order valence-corrected chi connectivity index (χ1v) is 10.1. The summed E-state index contributed by atoms with van der Waals surface area (Å²) in [4.78, 5) is 23.6. The van der Waals surface area contributed by atoms with Crippen LogP contribution in [0.15, 0.2) is 38.6 Å². The minimum absolute atomic E-state index is 0.135. The lowest BCUT2D eigenvalue weighted by Crippen LogP contribution is -2.31. The highest BCUT2D eigenvalue weighted by Gasteiger charge is 2.30. The number of ether oxygens (including phenoxy) is 1. The molecule has 0 saturated heterocycles. The summed E-state index contributed by atoms with van der Waals surface area (Å²) in [5.41, 5.74) is 4.62. The topological polar surface area (TPSA) is 80.9 Å². The van der Waals surface area contributed by atoms with E-state index >= 15 is 0 Å². The van der Waals surface area contributed by atoms with Crippen LogP contribution in [-0.2, 0) is 4.79 Å². The second-order valence-electron chi connectivity index (χ2n) is 7.96. The first-order valence-electron chi connectivity index (χ1n) is 10.1. The first kappa shape index (κ1) is 18.7. The Hall–Kier alpha value is -2.63. The number of aryl methyl sites for hydroxylation is 1. The Balaban J connectivity index is 1.32. The van der Waals surface area contributed by atoms with E-state index in [0.29, 0.717) is 11.3 Å². The van der Waals surface area contributed by atoms with Crippen LogP contribution in [0.3, 0.4) is 0 Å². The summed E-state index contributed by atoms with van der Waals surface area (Å²) in [6, 6.07) is 6.67. The van der Waals surface area contributed by atoms with Crippen molar-refractivity contribution in [2.75, 3.05) is 6.61 Å². The van der Waals surface area contributed by atoms with Crippen molar-refractivity contribution >= 4 is 22.6 Å². The zero-order valence-corrected chi connectivity index (χ0v) is 16.2. The monoisotopic (exact) mass is 382 g/mol. The SMILES string of the molecule is Cc1cc(=O)oc2cc(OCC(=O)N/N=C3/CC[C@H]4CCCC[C@@H]4C3)ccc12. The fraction of sp³-hybridized carbons (Fsp3) is 0.500. The van der Waals surface area contributed by atoms with Crippen molar-refractivity contribution in [1.82, 2.24) is 5.43 Å². The number of rotatable bonds is 4. The average Bonchev–Trinajstić information content (AvgIpc) is 2.70. The van der Waals surface area contributed by atoms with Crippen molar-refractivity contribution in [3.05, 3.63) is 40.2 Å². The van der Waals surface area contributed by atoms with Crippen molar-refractivity contribution in [1.29, 1.82) is 0 Å². The number of nitrogens with one attached hydrogen (secondary N) is 1. The molecular weight excluding hydrogens is 356 g/mol. The number of benzene rings is 1. The molecule has 2 atom stereocenters. The summed E-state index contributed by atoms with van der Waals surface area (Å²) < 4.78 is 10.7. The fourth-order valence-corrected chi connectivity index (χ4v) is 4.51. The maximum atomic E-state index is 12.1. The second kappa shape index (κ2) is 8.17. The van der Waals surface area contributed by atoms with E-state index < -0.39 is 5.63 Å². The van der Waals surface area contributed by atoms with Crippen molar-refractivity contribution in [3.8, 4) is 5.75 Å². The summed E-state index contributed by atoms with van der Waals surface area (Å²) in [6.07, 6.45) is 8.50. The number of nitrogens with zero attached hydrogens (tertiary/aromatic N) is 1. The predicted molar refractivity (Wildman–Crippen MR) is 108 cm³/mol. The number of amides is 1. The van der Waals surface area contributed by atoms with Crippen LogP contribution in [0.1, 0.15) is 50.5 Å². The van der Waals surface area contributed by atoms with Gasteiger partial charge in [0, 0.05) is 23.2 Å². The summed E-state index contributed by atoms with van der Waals surface area (Å²) in [5.74, 6) is 1.78. The molecule has 0 unspecified atom stereocenters. The molecule has 28 heavy (non-hydrogen) atoms. The zero-order valence-electron chi connectivity index (χ0n) is 16.2. The number of fused-ring (bicyclic) bond motifs is 2. The zero-order chi connectivity index (χ0) is 19.5. The number of carbonyl (C=O) groups is 1. The van der Waals surface area contributed by atoms with Gasteiger partial charge in [0.05, 0.1) is 0 Å². The van der Waals surface area contributed by atoms with E-state index in [1.807, 2.05) is 13.0 Å². The van der Waals surface area contributed by atoms with Crippen molar-refractivity contribution in [2.24, 2.45) is 16.9 Å². The van der Waals surface area contributed by atoms with Crippen LogP contribution in [0.25, 0.3) is 11.0 Å². The molecule has 4 rings (SSSR count). The van der Waals surface area contributed by atoms with Crippen LogP contribution in [0, 0.1) is 18.8 Å². The maximum Gasteiger partial charge on any atom is 0.336 e. The standard InChI is InChI=1S/C22H26N2O4/c1-14-10-22(26)28-20-12-18(8-9-19(14)20)27-13-21(25)24-23-17-7-6-15-4-2-3-5-16(15)11-17/h8-10,12,15-16H,2-7,11,13H2,1H3,(H,24,25)/b23-17-/t15-,16-/m1/s1. The minimum atomic E-state index is -0.400. The highest BCUT2D eigenvalue weighted by atomic mass is 16.5. The van der Waals surface area contributed by atoms with Crippen LogP contribution in [-0.4, -0.2) is 18.2 Å². The van der Waals surface area contributed by atoms with Crippen molar-refractivity contribution < 1.29 is 13.9 Å². The normalized spacial score (nSPS) is 23.4. The summed E-state index contributed by atoms with van der Waals surface area (Å²) >= 11 is 0. The largest absolute Gasteiger partial charge is 0.484 e. The Morgan fingerprint density at radius 2 is 2.04 bits per heavy atom. The third-order valence-corrected chi connectivity index (χ3v) is 6.00. The van der Waals surface area contributed by atoms with E-state index in [4.69, 9.17) is 9.15 Å². The molecular formula is C22H26N2O4. The molecule has 6 heteroatoms. The molecule has 1 amide bonds. The van der Waals surface area contributed by atoms with Crippen LogP contribution in [0.2, 0.25) is 0 Å². The molecule has 6 nitrogen and oxygen atoms in total. The molecule has 0 bridgehead atoms. The van der Waals surface area contributed by atoms with Crippen LogP contribution >= 0.6 is 0 Å². The Morgan fingerprint density at radius 1 is 1.21 bits per heavy atom. The molecule has 1 N–H and O–H groups in total. The van der Waals surface area contributed by atoms with Gasteiger partial charge in [0.2, 0.25) is 0 Å². The smallest absolute Gasteiger partial charge is 0.336 e. The van der Waals surface area contributed by atoms with E-state index in [0.717, 1.165) is 41.3 Å². The molecule has 1 aromatic carbocycles. The lowest BCUT2D eigenvalue weighted by Gasteiger charge is -2.35. The van der Waals surface area contributed by atoms with Gasteiger partial charge in [-0.05, 0) is 62.1 Å². The van der Waals surface area contributed by atoms with Gasteiger partial charge in [-0.3, -0.25) is 4.79 Å². The number of hydrazone groups is 1. The molecule has 0 aliphatic heterocycles. The third kappa shape index (κ3) is 4.26. The summed E-state index contributed by atoms with van der Waals surface area (Å²) in [7, 11) is 0. The minimum Gasteiger partial charge on any atom is -0.484 e. The molecule has 2 aliphatic carbocycles. The van der Waals surface area contributed by atoms with E-state index in [1.165, 1.54) is 38.2 Å².